The number of hydrogen-bond donors (Lipinski definition) is 2. The van der Waals surface area contributed by atoms with E-state index < -0.39 is 0 Å². The molecule has 4 nitrogen and oxygen atoms in total. The zero-order chi connectivity index (χ0) is 11.3. The van der Waals surface area contributed by atoms with Crippen molar-refractivity contribution >= 4 is 0 Å². The highest BCUT2D eigenvalue weighted by atomic mass is 16.3. The standard InChI is InChI=1S/C11H18N2O2/c1-13(2)11(10(7-14)8-15)9-4-3-5-12-6-9/h3-6,10-11,14-15H,7-8H2,1-2H3. The molecule has 0 amide bonds. The third-order valence-electron chi connectivity index (χ3n) is 2.50. The lowest BCUT2D eigenvalue weighted by atomic mass is 9.94. The lowest BCUT2D eigenvalue weighted by Gasteiger charge is -2.30. The number of pyridine rings is 1. The van der Waals surface area contributed by atoms with Crippen LogP contribution in [0.15, 0.2) is 24.5 Å². The Bertz CT molecular complexity index is 273. The van der Waals surface area contributed by atoms with Crippen LogP contribution in [0.5, 0.6) is 0 Å². The summed E-state index contributed by atoms with van der Waals surface area (Å²) in [7, 11) is 3.85. The van der Waals surface area contributed by atoms with Crippen molar-refractivity contribution < 1.29 is 10.2 Å². The highest BCUT2D eigenvalue weighted by Crippen LogP contribution is 2.25. The molecule has 15 heavy (non-hydrogen) atoms. The summed E-state index contributed by atoms with van der Waals surface area (Å²) in [5.74, 6) is -0.177. The number of nitrogens with zero attached hydrogens (tertiary/aromatic N) is 2. The van der Waals surface area contributed by atoms with Gasteiger partial charge in [0.1, 0.15) is 0 Å². The van der Waals surface area contributed by atoms with Gasteiger partial charge < -0.3 is 15.1 Å². The summed E-state index contributed by atoms with van der Waals surface area (Å²) in [6.07, 6.45) is 3.48. The molecular formula is C11H18N2O2. The predicted molar refractivity (Wildman–Crippen MR) is 58.3 cm³/mol. The topological polar surface area (TPSA) is 56.6 Å². The van der Waals surface area contributed by atoms with Crippen molar-refractivity contribution in [2.75, 3.05) is 27.3 Å². The van der Waals surface area contributed by atoms with E-state index in [1.54, 1.807) is 12.4 Å². The average molecular weight is 210 g/mol. The highest BCUT2D eigenvalue weighted by Gasteiger charge is 2.23. The van der Waals surface area contributed by atoms with Crippen LogP contribution in [-0.4, -0.2) is 47.4 Å². The van der Waals surface area contributed by atoms with Gasteiger partial charge in [-0.2, -0.15) is 0 Å². The van der Waals surface area contributed by atoms with E-state index in [1.807, 2.05) is 31.1 Å². The zero-order valence-electron chi connectivity index (χ0n) is 9.17. The zero-order valence-corrected chi connectivity index (χ0v) is 9.17. The predicted octanol–water partition coefficient (Wildman–Crippen LogP) is 0.285. The van der Waals surface area contributed by atoms with Gasteiger partial charge in [0.05, 0.1) is 0 Å². The molecule has 2 N–H and O–H groups in total. The fourth-order valence-electron chi connectivity index (χ4n) is 1.80. The molecule has 1 atom stereocenters. The molecule has 0 saturated heterocycles. The first-order valence-electron chi connectivity index (χ1n) is 4.98. The summed E-state index contributed by atoms with van der Waals surface area (Å²) in [4.78, 5) is 6.03. The summed E-state index contributed by atoms with van der Waals surface area (Å²) >= 11 is 0. The van der Waals surface area contributed by atoms with E-state index in [2.05, 4.69) is 4.98 Å². The first kappa shape index (κ1) is 12.1. The molecule has 84 valence electrons. The van der Waals surface area contributed by atoms with Gasteiger partial charge in [-0.25, -0.2) is 0 Å². The quantitative estimate of drug-likeness (QED) is 0.733. The van der Waals surface area contributed by atoms with Gasteiger partial charge in [-0.05, 0) is 25.7 Å². The Kier molecular flexibility index (Phi) is 4.68. The van der Waals surface area contributed by atoms with E-state index >= 15 is 0 Å². The Morgan fingerprint density at radius 2 is 2.00 bits per heavy atom. The maximum Gasteiger partial charge on any atom is 0.0499 e. The molecule has 0 fully saturated rings. The molecule has 0 aliphatic heterocycles. The number of rotatable bonds is 5. The van der Waals surface area contributed by atoms with E-state index in [-0.39, 0.29) is 25.2 Å². The highest BCUT2D eigenvalue weighted by molar-refractivity contribution is 5.15. The van der Waals surface area contributed by atoms with Gasteiger partial charge in [0, 0.05) is 37.6 Å². The molecule has 0 bridgehead atoms. The third kappa shape index (κ3) is 2.99. The fourth-order valence-corrected chi connectivity index (χ4v) is 1.80. The fraction of sp³-hybridized carbons (Fsp3) is 0.545. The first-order valence-corrected chi connectivity index (χ1v) is 4.98. The van der Waals surface area contributed by atoms with Crippen molar-refractivity contribution in [3.63, 3.8) is 0 Å². The Hall–Kier alpha value is -0.970. The lowest BCUT2D eigenvalue weighted by molar-refractivity contribution is 0.0807. The summed E-state index contributed by atoms with van der Waals surface area (Å²) in [5.41, 5.74) is 1.01. The monoisotopic (exact) mass is 210 g/mol. The molecular weight excluding hydrogens is 192 g/mol. The maximum atomic E-state index is 9.20. The Labute approximate surface area is 90.2 Å². The minimum absolute atomic E-state index is 0.00583. The van der Waals surface area contributed by atoms with Crippen molar-refractivity contribution in [1.82, 2.24) is 9.88 Å². The maximum absolute atomic E-state index is 9.20. The van der Waals surface area contributed by atoms with Crippen LogP contribution in [0.4, 0.5) is 0 Å². The average Bonchev–Trinajstić information content (AvgIpc) is 2.26. The largest absolute Gasteiger partial charge is 0.396 e. The SMILES string of the molecule is CN(C)C(c1cccnc1)C(CO)CO. The van der Waals surface area contributed by atoms with Gasteiger partial charge in [-0.15, -0.1) is 0 Å². The van der Waals surface area contributed by atoms with Crippen LogP contribution in [-0.2, 0) is 0 Å². The molecule has 1 aromatic heterocycles. The van der Waals surface area contributed by atoms with E-state index in [4.69, 9.17) is 0 Å². The molecule has 4 heteroatoms. The van der Waals surface area contributed by atoms with Gasteiger partial charge in [0.15, 0.2) is 0 Å². The van der Waals surface area contributed by atoms with Crippen LogP contribution < -0.4 is 0 Å². The van der Waals surface area contributed by atoms with Gasteiger partial charge in [0.25, 0.3) is 0 Å². The molecule has 1 aromatic rings. The molecule has 1 rings (SSSR count). The van der Waals surface area contributed by atoms with Crippen LogP contribution in [0.25, 0.3) is 0 Å². The van der Waals surface area contributed by atoms with Crippen molar-refractivity contribution in [3.8, 4) is 0 Å². The Morgan fingerprint density at radius 3 is 2.40 bits per heavy atom. The summed E-state index contributed by atoms with van der Waals surface area (Å²) in [6.45, 7) is -0.0670. The number of aliphatic hydroxyl groups is 2. The van der Waals surface area contributed by atoms with Crippen molar-refractivity contribution in [2.45, 2.75) is 6.04 Å². The van der Waals surface area contributed by atoms with Crippen molar-refractivity contribution in [2.24, 2.45) is 5.92 Å². The molecule has 1 heterocycles. The normalized spacial score (nSPS) is 13.5. The van der Waals surface area contributed by atoms with Gasteiger partial charge >= 0.3 is 0 Å². The minimum Gasteiger partial charge on any atom is -0.396 e. The van der Waals surface area contributed by atoms with E-state index in [9.17, 15) is 10.2 Å². The van der Waals surface area contributed by atoms with E-state index in [0.717, 1.165) is 5.56 Å². The smallest absolute Gasteiger partial charge is 0.0499 e. The van der Waals surface area contributed by atoms with Crippen molar-refractivity contribution in [3.05, 3.63) is 30.1 Å². The second-order valence-corrected chi connectivity index (χ2v) is 3.82. The van der Waals surface area contributed by atoms with Crippen LogP contribution >= 0.6 is 0 Å². The molecule has 0 aliphatic rings. The van der Waals surface area contributed by atoms with E-state index in [1.165, 1.54) is 0 Å². The van der Waals surface area contributed by atoms with Gasteiger partial charge in [-0.3, -0.25) is 4.98 Å². The van der Waals surface area contributed by atoms with Crippen molar-refractivity contribution in [1.29, 1.82) is 0 Å². The van der Waals surface area contributed by atoms with Gasteiger partial charge in [-0.1, -0.05) is 6.07 Å². The summed E-state index contributed by atoms with van der Waals surface area (Å²) < 4.78 is 0. The Balaban J connectivity index is 2.92. The third-order valence-corrected chi connectivity index (χ3v) is 2.50. The minimum atomic E-state index is -0.177. The van der Waals surface area contributed by atoms with Gasteiger partial charge in [0.2, 0.25) is 0 Å². The van der Waals surface area contributed by atoms with Crippen LogP contribution in [0.3, 0.4) is 0 Å². The second-order valence-electron chi connectivity index (χ2n) is 3.82. The first-order chi connectivity index (χ1) is 7.20. The van der Waals surface area contributed by atoms with Crippen LogP contribution in [0.1, 0.15) is 11.6 Å². The van der Waals surface area contributed by atoms with Crippen LogP contribution in [0.2, 0.25) is 0 Å². The number of aliphatic hydroxyl groups excluding tert-OH is 2. The molecule has 0 radical (unpaired) electrons. The summed E-state index contributed by atoms with van der Waals surface area (Å²) in [6, 6.07) is 3.81. The molecule has 1 unspecified atom stereocenters. The molecule has 0 aromatic carbocycles. The number of hydrogen-bond acceptors (Lipinski definition) is 4. The second kappa shape index (κ2) is 5.80. The summed E-state index contributed by atoms with van der Waals surface area (Å²) in [5, 5.41) is 18.4. The van der Waals surface area contributed by atoms with E-state index in [0.29, 0.717) is 0 Å². The molecule has 0 saturated carbocycles. The Morgan fingerprint density at radius 1 is 1.33 bits per heavy atom. The molecule has 0 aliphatic carbocycles. The number of aromatic nitrogens is 1. The molecule has 0 spiro atoms. The van der Waals surface area contributed by atoms with Crippen LogP contribution in [0, 0.1) is 5.92 Å². The lowest BCUT2D eigenvalue weighted by Crippen LogP contribution is -2.31.